The molecule has 7 heteroatoms. The number of hydrogen-bond acceptors (Lipinski definition) is 4. The van der Waals surface area contributed by atoms with E-state index in [0.29, 0.717) is 6.54 Å². The first-order chi connectivity index (χ1) is 10.8. The van der Waals surface area contributed by atoms with E-state index in [9.17, 15) is 13.2 Å². The first kappa shape index (κ1) is 17.9. The van der Waals surface area contributed by atoms with Crippen molar-refractivity contribution in [2.75, 3.05) is 6.54 Å². The lowest BCUT2D eigenvalue weighted by Crippen LogP contribution is -2.30. The fourth-order valence-electron chi connectivity index (χ4n) is 3.67. The lowest BCUT2D eigenvalue weighted by atomic mass is 9.77. The number of fused-ring (bicyclic) bond motifs is 1. The maximum Gasteiger partial charge on any atom is 0.303 e. The van der Waals surface area contributed by atoms with Crippen molar-refractivity contribution in [2.45, 2.75) is 37.0 Å². The van der Waals surface area contributed by atoms with Gasteiger partial charge in [0.25, 0.3) is 10.1 Å². The molecule has 23 heavy (non-hydrogen) atoms. The Hall–Kier alpha value is -1.44. The second kappa shape index (κ2) is 6.98. The molecule has 0 saturated heterocycles. The number of hydrogen-bond donors (Lipinski definition) is 3. The topological polar surface area (TPSA) is 118 Å². The zero-order valence-corrected chi connectivity index (χ0v) is 13.7. The average Bonchev–Trinajstić information content (AvgIpc) is 2.72. The van der Waals surface area contributed by atoms with Crippen LogP contribution in [0.25, 0.3) is 0 Å². The maximum atomic E-state index is 10.7. The molecule has 2 fully saturated rings. The van der Waals surface area contributed by atoms with E-state index in [1.807, 2.05) is 0 Å². The summed E-state index contributed by atoms with van der Waals surface area (Å²) < 4.78 is 29.2. The summed E-state index contributed by atoms with van der Waals surface area (Å²) in [7, 11) is -4.00. The number of nitrogens with two attached hydrogens (primary N) is 1. The molecule has 6 nitrogen and oxygen atoms in total. The first-order valence-corrected chi connectivity index (χ1v) is 9.14. The Bertz CT molecular complexity index is 632. The van der Waals surface area contributed by atoms with E-state index < -0.39 is 16.1 Å². The third-order valence-electron chi connectivity index (χ3n) is 4.97. The molecule has 0 radical (unpaired) electrons. The highest BCUT2D eigenvalue weighted by Crippen LogP contribution is 2.56. The van der Waals surface area contributed by atoms with Crippen LogP contribution in [0.1, 0.15) is 32.1 Å². The standard InChI is InChI=1S/C10H17NO2.C6H6O3S/c11-6-10(5-9(12)13)3-7-1-2-8(7)4-10;7-10(8,9)6-4-2-1-3-5-6/h7-8H,1-6,11H2,(H,12,13);1-5H,(H,7,8,9)/t7-,8+,10+;. The number of benzene rings is 1. The van der Waals surface area contributed by atoms with Gasteiger partial charge >= 0.3 is 5.97 Å². The summed E-state index contributed by atoms with van der Waals surface area (Å²) in [4.78, 5) is 10.6. The van der Waals surface area contributed by atoms with Gasteiger partial charge in [-0.05, 0) is 61.6 Å². The van der Waals surface area contributed by atoms with Crippen LogP contribution in [0.15, 0.2) is 35.2 Å². The van der Waals surface area contributed by atoms with Gasteiger partial charge in [0.1, 0.15) is 0 Å². The second-order valence-electron chi connectivity index (χ2n) is 6.57. The van der Waals surface area contributed by atoms with Crippen LogP contribution in [0.2, 0.25) is 0 Å². The lowest BCUT2D eigenvalue weighted by molar-refractivity contribution is -0.139. The van der Waals surface area contributed by atoms with Crippen molar-refractivity contribution < 1.29 is 22.9 Å². The van der Waals surface area contributed by atoms with Gasteiger partial charge in [-0.25, -0.2) is 0 Å². The Kier molecular flexibility index (Phi) is 5.44. The van der Waals surface area contributed by atoms with Gasteiger partial charge in [0.05, 0.1) is 11.3 Å². The average molecular weight is 341 g/mol. The normalized spacial score (nSPS) is 29.0. The van der Waals surface area contributed by atoms with E-state index in [0.717, 1.165) is 24.7 Å². The zero-order valence-electron chi connectivity index (χ0n) is 12.9. The van der Waals surface area contributed by atoms with Crippen molar-refractivity contribution in [3.05, 3.63) is 30.3 Å². The number of carboxylic acids is 1. The van der Waals surface area contributed by atoms with E-state index in [1.54, 1.807) is 18.2 Å². The predicted molar refractivity (Wildman–Crippen MR) is 85.4 cm³/mol. The largest absolute Gasteiger partial charge is 0.481 e. The molecule has 3 atom stereocenters. The van der Waals surface area contributed by atoms with Crippen LogP contribution in [0.3, 0.4) is 0 Å². The van der Waals surface area contributed by atoms with E-state index in [-0.39, 0.29) is 16.7 Å². The molecule has 128 valence electrons. The number of carbonyl (C=O) groups is 1. The summed E-state index contributed by atoms with van der Waals surface area (Å²) in [6, 6.07) is 7.42. The second-order valence-corrected chi connectivity index (χ2v) is 7.99. The molecule has 0 aromatic heterocycles. The van der Waals surface area contributed by atoms with Gasteiger partial charge in [0.15, 0.2) is 0 Å². The maximum absolute atomic E-state index is 10.7. The molecule has 0 amide bonds. The Labute approximate surface area is 136 Å². The van der Waals surface area contributed by atoms with Gasteiger partial charge in [-0.2, -0.15) is 8.42 Å². The fourth-order valence-corrected chi connectivity index (χ4v) is 4.17. The zero-order chi connectivity index (χ0) is 17.1. The predicted octanol–water partition coefficient (Wildman–Crippen LogP) is 2.16. The summed E-state index contributed by atoms with van der Waals surface area (Å²) in [6.45, 7) is 0.548. The summed E-state index contributed by atoms with van der Waals surface area (Å²) in [5.74, 6) is 0.901. The first-order valence-electron chi connectivity index (χ1n) is 7.70. The van der Waals surface area contributed by atoms with Crippen molar-refractivity contribution in [1.82, 2.24) is 0 Å². The molecule has 3 rings (SSSR count). The van der Waals surface area contributed by atoms with E-state index >= 15 is 0 Å². The van der Waals surface area contributed by atoms with Crippen LogP contribution in [-0.4, -0.2) is 30.6 Å². The molecule has 0 heterocycles. The Morgan fingerprint density at radius 3 is 2.00 bits per heavy atom. The highest BCUT2D eigenvalue weighted by atomic mass is 32.2. The van der Waals surface area contributed by atoms with Crippen molar-refractivity contribution >= 4 is 16.1 Å². The summed E-state index contributed by atoms with van der Waals surface area (Å²) in [5, 5.41) is 8.81. The van der Waals surface area contributed by atoms with Crippen LogP contribution >= 0.6 is 0 Å². The quantitative estimate of drug-likeness (QED) is 0.722. The molecular weight excluding hydrogens is 318 g/mol. The summed E-state index contributed by atoms with van der Waals surface area (Å²) in [6.07, 6.45) is 4.98. The monoisotopic (exact) mass is 341 g/mol. The van der Waals surface area contributed by atoms with E-state index in [2.05, 4.69) is 0 Å². The lowest BCUT2D eigenvalue weighted by Gasteiger charge is -2.29. The molecule has 1 aromatic carbocycles. The highest BCUT2D eigenvalue weighted by Gasteiger charge is 2.49. The highest BCUT2D eigenvalue weighted by molar-refractivity contribution is 7.85. The molecule has 0 bridgehead atoms. The molecule has 0 spiro atoms. The molecule has 0 aliphatic heterocycles. The third-order valence-corrected chi connectivity index (χ3v) is 5.83. The summed E-state index contributed by atoms with van der Waals surface area (Å²) >= 11 is 0. The molecule has 2 aliphatic rings. The molecule has 0 unspecified atom stereocenters. The smallest absolute Gasteiger partial charge is 0.303 e. The van der Waals surface area contributed by atoms with E-state index in [4.69, 9.17) is 15.4 Å². The minimum atomic E-state index is -4.00. The third kappa shape index (κ3) is 4.53. The minimum absolute atomic E-state index is 0.0579. The van der Waals surface area contributed by atoms with E-state index in [1.165, 1.54) is 25.0 Å². The SMILES string of the molecule is NC[C@@]1(CC(=O)O)C[C@H]2CC[C@H]2C1.O=S(=O)(O)c1ccccc1. The fraction of sp³-hybridized carbons (Fsp3) is 0.562. The van der Waals surface area contributed by atoms with Crippen molar-refractivity contribution in [2.24, 2.45) is 23.0 Å². The molecular formula is C16H23NO5S. The van der Waals surface area contributed by atoms with Crippen molar-refractivity contribution in [3.63, 3.8) is 0 Å². The van der Waals surface area contributed by atoms with Crippen molar-refractivity contribution in [3.8, 4) is 0 Å². The van der Waals surface area contributed by atoms with Crippen LogP contribution in [-0.2, 0) is 14.9 Å². The van der Waals surface area contributed by atoms with Crippen LogP contribution in [0.5, 0.6) is 0 Å². The Morgan fingerprint density at radius 2 is 1.70 bits per heavy atom. The van der Waals surface area contributed by atoms with Crippen LogP contribution < -0.4 is 5.73 Å². The minimum Gasteiger partial charge on any atom is -0.481 e. The number of carboxylic acid groups (broad SMARTS) is 1. The van der Waals surface area contributed by atoms with Gasteiger partial charge in [-0.3, -0.25) is 9.35 Å². The van der Waals surface area contributed by atoms with Gasteiger partial charge < -0.3 is 10.8 Å². The molecule has 2 saturated carbocycles. The Morgan fingerprint density at radius 1 is 1.17 bits per heavy atom. The molecule has 1 aromatic rings. The van der Waals surface area contributed by atoms with Gasteiger partial charge in [0.2, 0.25) is 0 Å². The van der Waals surface area contributed by atoms with Crippen molar-refractivity contribution in [1.29, 1.82) is 0 Å². The Balaban J connectivity index is 0.000000174. The van der Waals surface area contributed by atoms with Gasteiger partial charge in [-0.15, -0.1) is 0 Å². The van der Waals surface area contributed by atoms with Gasteiger partial charge in [0, 0.05) is 0 Å². The van der Waals surface area contributed by atoms with Crippen LogP contribution in [0, 0.1) is 17.3 Å². The van der Waals surface area contributed by atoms with Crippen LogP contribution in [0.4, 0.5) is 0 Å². The molecule has 2 aliphatic carbocycles. The molecule has 4 N–H and O–H groups in total. The van der Waals surface area contributed by atoms with Gasteiger partial charge in [-0.1, -0.05) is 18.2 Å². The number of aliphatic carboxylic acids is 1. The number of rotatable bonds is 4. The summed E-state index contributed by atoms with van der Waals surface area (Å²) in [5.41, 5.74) is 5.65.